The van der Waals surface area contributed by atoms with E-state index in [1.165, 1.54) is 20.0 Å². The summed E-state index contributed by atoms with van der Waals surface area (Å²) in [4.78, 5) is 11.1. The van der Waals surface area contributed by atoms with Crippen molar-refractivity contribution in [2.24, 2.45) is 5.92 Å². The predicted molar refractivity (Wildman–Crippen MR) is 44.7 cm³/mol. The van der Waals surface area contributed by atoms with Crippen LogP contribution in [0.2, 0.25) is 0 Å². The molecule has 0 radical (unpaired) electrons. The Morgan fingerprint density at radius 3 is 2.83 bits per heavy atom. The first-order valence-corrected chi connectivity index (χ1v) is 4.59. The third kappa shape index (κ3) is 1.12. The van der Waals surface area contributed by atoms with Crippen LogP contribution in [0, 0.1) is 5.92 Å². The molecule has 1 aliphatic carbocycles. The maximum Gasteiger partial charge on any atom is 0.308 e. The SMILES string of the molecule is COC(=O)C1CC2(CCCN2)C1. The monoisotopic (exact) mass is 169 g/mol. The van der Waals surface area contributed by atoms with E-state index in [0.29, 0.717) is 5.54 Å². The fraction of sp³-hybridized carbons (Fsp3) is 0.889. The van der Waals surface area contributed by atoms with Gasteiger partial charge in [-0.3, -0.25) is 4.79 Å². The summed E-state index contributed by atoms with van der Waals surface area (Å²) in [5, 5.41) is 3.47. The lowest BCUT2D eigenvalue weighted by Crippen LogP contribution is -2.53. The summed E-state index contributed by atoms with van der Waals surface area (Å²) in [6, 6.07) is 0. The van der Waals surface area contributed by atoms with Gasteiger partial charge in [0.05, 0.1) is 13.0 Å². The lowest BCUT2D eigenvalue weighted by Gasteiger charge is -2.43. The molecule has 1 aliphatic heterocycles. The topological polar surface area (TPSA) is 38.3 Å². The van der Waals surface area contributed by atoms with Crippen molar-refractivity contribution in [3.8, 4) is 0 Å². The van der Waals surface area contributed by atoms with E-state index >= 15 is 0 Å². The van der Waals surface area contributed by atoms with Crippen LogP contribution in [0.1, 0.15) is 25.7 Å². The van der Waals surface area contributed by atoms with Crippen LogP contribution in [0.25, 0.3) is 0 Å². The van der Waals surface area contributed by atoms with Crippen molar-refractivity contribution in [2.75, 3.05) is 13.7 Å². The maximum atomic E-state index is 11.1. The minimum Gasteiger partial charge on any atom is -0.469 e. The summed E-state index contributed by atoms with van der Waals surface area (Å²) in [7, 11) is 1.47. The normalized spacial score (nSPS) is 39.6. The second kappa shape index (κ2) is 2.73. The Hall–Kier alpha value is -0.570. The van der Waals surface area contributed by atoms with Gasteiger partial charge in [0.2, 0.25) is 0 Å². The van der Waals surface area contributed by atoms with Crippen molar-refractivity contribution in [1.29, 1.82) is 0 Å². The number of methoxy groups -OCH3 is 1. The van der Waals surface area contributed by atoms with E-state index in [9.17, 15) is 4.79 Å². The Bertz CT molecular complexity index is 189. The average Bonchev–Trinajstić information content (AvgIpc) is 2.48. The van der Waals surface area contributed by atoms with E-state index in [1.807, 2.05) is 0 Å². The Morgan fingerprint density at radius 1 is 1.58 bits per heavy atom. The van der Waals surface area contributed by atoms with Gasteiger partial charge in [-0.15, -0.1) is 0 Å². The number of hydrogen-bond acceptors (Lipinski definition) is 3. The number of carbonyl (C=O) groups excluding carboxylic acids is 1. The summed E-state index contributed by atoms with van der Waals surface area (Å²) >= 11 is 0. The lowest BCUT2D eigenvalue weighted by molar-refractivity contribution is -0.151. The van der Waals surface area contributed by atoms with Crippen molar-refractivity contribution in [3.05, 3.63) is 0 Å². The fourth-order valence-corrected chi connectivity index (χ4v) is 2.43. The highest BCUT2D eigenvalue weighted by atomic mass is 16.5. The minimum atomic E-state index is -0.0330. The van der Waals surface area contributed by atoms with E-state index in [-0.39, 0.29) is 11.9 Å². The van der Waals surface area contributed by atoms with Crippen LogP contribution in [0.3, 0.4) is 0 Å². The minimum absolute atomic E-state index is 0.0330. The van der Waals surface area contributed by atoms with E-state index in [0.717, 1.165) is 19.4 Å². The quantitative estimate of drug-likeness (QED) is 0.587. The van der Waals surface area contributed by atoms with Crippen molar-refractivity contribution in [2.45, 2.75) is 31.2 Å². The number of ether oxygens (including phenoxy) is 1. The molecule has 3 nitrogen and oxygen atoms in total. The largest absolute Gasteiger partial charge is 0.469 e. The van der Waals surface area contributed by atoms with Crippen molar-refractivity contribution in [3.63, 3.8) is 0 Å². The highest BCUT2D eigenvalue weighted by molar-refractivity contribution is 5.74. The van der Waals surface area contributed by atoms with Gasteiger partial charge in [0.25, 0.3) is 0 Å². The zero-order chi connectivity index (χ0) is 8.60. The van der Waals surface area contributed by atoms with E-state index in [4.69, 9.17) is 4.74 Å². The molecule has 0 aromatic rings. The van der Waals surface area contributed by atoms with E-state index in [1.54, 1.807) is 0 Å². The molecule has 1 spiro atoms. The number of carbonyl (C=O) groups is 1. The molecule has 1 saturated heterocycles. The van der Waals surface area contributed by atoms with E-state index < -0.39 is 0 Å². The predicted octanol–water partition coefficient (Wildman–Crippen LogP) is 0.692. The first-order valence-electron chi connectivity index (χ1n) is 4.59. The molecular weight excluding hydrogens is 154 g/mol. The summed E-state index contributed by atoms with van der Waals surface area (Å²) in [6.45, 7) is 1.12. The van der Waals surface area contributed by atoms with Crippen LogP contribution in [0.4, 0.5) is 0 Å². The fourth-order valence-electron chi connectivity index (χ4n) is 2.43. The van der Waals surface area contributed by atoms with Gasteiger partial charge in [-0.1, -0.05) is 0 Å². The van der Waals surface area contributed by atoms with Gasteiger partial charge < -0.3 is 10.1 Å². The van der Waals surface area contributed by atoms with Crippen LogP contribution in [0.15, 0.2) is 0 Å². The van der Waals surface area contributed by atoms with Gasteiger partial charge in [-0.2, -0.15) is 0 Å². The molecule has 2 rings (SSSR count). The standard InChI is InChI=1S/C9H15NO2/c1-12-8(11)7-5-9(6-7)3-2-4-10-9/h7,10H,2-6H2,1H3. The molecule has 1 saturated carbocycles. The number of esters is 1. The van der Waals surface area contributed by atoms with Crippen LogP contribution >= 0.6 is 0 Å². The summed E-state index contributed by atoms with van der Waals surface area (Å²) in [6.07, 6.45) is 4.47. The highest BCUT2D eigenvalue weighted by Crippen LogP contribution is 2.43. The summed E-state index contributed by atoms with van der Waals surface area (Å²) < 4.78 is 4.69. The van der Waals surface area contributed by atoms with Gasteiger partial charge in [-0.25, -0.2) is 0 Å². The molecule has 1 heterocycles. The smallest absolute Gasteiger partial charge is 0.308 e. The first kappa shape index (κ1) is 8.05. The molecule has 0 amide bonds. The molecule has 2 fully saturated rings. The second-order valence-electron chi connectivity index (χ2n) is 3.94. The Labute approximate surface area is 72.5 Å². The third-order valence-electron chi connectivity index (χ3n) is 3.14. The number of nitrogens with one attached hydrogen (secondary N) is 1. The third-order valence-corrected chi connectivity index (χ3v) is 3.14. The molecule has 0 aromatic heterocycles. The van der Waals surface area contributed by atoms with Crippen molar-refractivity contribution >= 4 is 5.97 Å². The van der Waals surface area contributed by atoms with E-state index in [2.05, 4.69) is 5.32 Å². The molecule has 1 N–H and O–H groups in total. The van der Waals surface area contributed by atoms with Gasteiger partial charge in [0.15, 0.2) is 0 Å². The molecule has 0 unspecified atom stereocenters. The van der Waals surface area contributed by atoms with Gasteiger partial charge >= 0.3 is 5.97 Å². The zero-order valence-corrected chi connectivity index (χ0v) is 7.43. The first-order chi connectivity index (χ1) is 5.76. The van der Waals surface area contributed by atoms with Gasteiger partial charge in [0, 0.05) is 5.54 Å². The maximum absolute atomic E-state index is 11.1. The molecule has 0 atom stereocenters. The van der Waals surface area contributed by atoms with Crippen LogP contribution in [0.5, 0.6) is 0 Å². The summed E-state index contributed by atoms with van der Waals surface area (Å²) in [5.41, 5.74) is 0.318. The van der Waals surface area contributed by atoms with Crippen molar-refractivity contribution in [1.82, 2.24) is 5.32 Å². The second-order valence-corrected chi connectivity index (χ2v) is 3.94. The van der Waals surface area contributed by atoms with Crippen LogP contribution < -0.4 is 5.32 Å². The number of rotatable bonds is 1. The average molecular weight is 169 g/mol. The Morgan fingerprint density at radius 2 is 2.33 bits per heavy atom. The molecule has 3 heteroatoms. The van der Waals surface area contributed by atoms with Gasteiger partial charge in [0.1, 0.15) is 0 Å². The highest BCUT2D eigenvalue weighted by Gasteiger charge is 2.48. The molecule has 0 bridgehead atoms. The molecule has 12 heavy (non-hydrogen) atoms. The van der Waals surface area contributed by atoms with Crippen LogP contribution in [-0.2, 0) is 9.53 Å². The van der Waals surface area contributed by atoms with Gasteiger partial charge in [-0.05, 0) is 32.2 Å². The Kier molecular flexibility index (Phi) is 1.83. The van der Waals surface area contributed by atoms with Crippen molar-refractivity contribution < 1.29 is 9.53 Å². The lowest BCUT2D eigenvalue weighted by atomic mass is 9.67. The molecule has 0 aromatic carbocycles. The molecule has 2 aliphatic rings. The summed E-state index contributed by atoms with van der Waals surface area (Å²) in [5.74, 6) is 0.134. The number of hydrogen-bond donors (Lipinski definition) is 1. The zero-order valence-electron chi connectivity index (χ0n) is 7.43. The Balaban J connectivity index is 1.86. The molecular formula is C9H15NO2. The van der Waals surface area contributed by atoms with Crippen LogP contribution in [-0.4, -0.2) is 25.2 Å². The molecule has 68 valence electrons.